The van der Waals surface area contributed by atoms with Crippen molar-refractivity contribution < 1.29 is 4.79 Å². The number of hydrogen-bond acceptors (Lipinski definition) is 5. The van der Waals surface area contributed by atoms with E-state index in [1.807, 2.05) is 53.9 Å². The molecule has 6 nitrogen and oxygen atoms in total. The van der Waals surface area contributed by atoms with Crippen LogP contribution >= 0.6 is 11.3 Å². The fourth-order valence-electron chi connectivity index (χ4n) is 2.76. The highest BCUT2D eigenvalue weighted by Gasteiger charge is 2.16. The third-order valence-corrected chi connectivity index (χ3v) is 5.19. The van der Waals surface area contributed by atoms with Crippen LogP contribution in [0, 0.1) is 6.92 Å². The van der Waals surface area contributed by atoms with Crippen LogP contribution in [0.2, 0.25) is 0 Å². The van der Waals surface area contributed by atoms with Gasteiger partial charge in [0.1, 0.15) is 4.88 Å². The summed E-state index contributed by atoms with van der Waals surface area (Å²) in [5.74, 6) is 0.563. The molecule has 0 aliphatic rings. The van der Waals surface area contributed by atoms with Gasteiger partial charge in [-0.15, -0.1) is 21.5 Å². The van der Waals surface area contributed by atoms with Crippen molar-refractivity contribution in [3.63, 3.8) is 0 Å². The van der Waals surface area contributed by atoms with Crippen LogP contribution in [0.1, 0.15) is 31.8 Å². The van der Waals surface area contributed by atoms with Crippen molar-refractivity contribution in [2.24, 2.45) is 0 Å². The summed E-state index contributed by atoms with van der Waals surface area (Å²) in [4.78, 5) is 17.8. The van der Waals surface area contributed by atoms with Crippen molar-refractivity contribution in [1.82, 2.24) is 24.9 Å². The van der Waals surface area contributed by atoms with Crippen LogP contribution in [-0.4, -0.2) is 25.5 Å². The number of pyridine rings is 1. The highest BCUT2D eigenvalue weighted by Crippen LogP contribution is 2.21. The Kier molecular flexibility index (Phi) is 4.45. The zero-order chi connectivity index (χ0) is 17.9. The van der Waals surface area contributed by atoms with E-state index in [9.17, 15) is 4.79 Å². The van der Waals surface area contributed by atoms with Gasteiger partial charge in [0.15, 0.2) is 11.5 Å². The minimum absolute atomic E-state index is 0.132. The number of benzene rings is 1. The van der Waals surface area contributed by atoms with E-state index in [4.69, 9.17) is 0 Å². The molecule has 1 aromatic carbocycles. The summed E-state index contributed by atoms with van der Waals surface area (Å²) >= 11 is 1.44. The normalized spacial score (nSPS) is 11.0. The van der Waals surface area contributed by atoms with Gasteiger partial charge < -0.3 is 5.32 Å². The van der Waals surface area contributed by atoms with Crippen molar-refractivity contribution >= 4 is 22.9 Å². The second kappa shape index (κ2) is 7.05. The quantitative estimate of drug-likeness (QED) is 0.592. The lowest BCUT2D eigenvalue weighted by Gasteiger charge is -2.02. The first-order valence-corrected chi connectivity index (χ1v) is 9.09. The summed E-state index contributed by atoms with van der Waals surface area (Å²) in [6, 6.07) is 15.8. The third kappa shape index (κ3) is 3.34. The molecule has 0 unspecified atom stereocenters. The molecule has 26 heavy (non-hydrogen) atoms. The average molecular weight is 363 g/mol. The zero-order valence-electron chi connectivity index (χ0n) is 14.2. The number of nitrogens with one attached hydrogen (secondary N) is 1. The predicted molar refractivity (Wildman–Crippen MR) is 100 cm³/mol. The lowest BCUT2D eigenvalue weighted by Crippen LogP contribution is -2.23. The van der Waals surface area contributed by atoms with Crippen molar-refractivity contribution in [2.75, 3.05) is 0 Å². The largest absolute Gasteiger partial charge is 0.344 e. The molecule has 3 heterocycles. The van der Waals surface area contributed by atoms with Gasteiger partial charge in [-0.2, -0.15) is 0 Å². The number of amides is 1. The second-order valence-corrected chi connectivity index (χ2v) is 7.00. The van der Waals surface area contributed by atoms with Crippen LogP contribution in [0.15, 0.2) is 54.7 Å². The van der Waals surface area contributed by atoms with E-state index < -0.39 is 0 Å². The van der Waals surface area contributed by atoms with Gasteiger partial charge in [0.25, 0.3) is 5.91 Å². The highest BCUT2D eigenvalue weighted by atomic mass is 32.1. The monoisotopic (exact) mass is 363 g/mol. The Morgan fingerprint density at radius 2 is 1.92 bits per heavy atom. The van der Waals surface area contributed by atoms with Crippen LogP contribution in [-0.2, 0) is 13.0 Å². The Labute approximate surface area is 154 Å². The number of aromatic nitrogens is 4. The van der Waals surface area contributed by atoms with E-state index in [1.165, 1.54) is 16.9 Å². The number of aryl methyl sites for hydroxylation is 1. The van der Waals surface area contributed by atoms with Crippen molar-refractivity contribution in [3.05, 3.63) is 81.7 Å². The summed E-state index contributed by atoms with van der Waals surface area (Å²) < 4.78 is 1.86. The van der Waals surface area contributed by atoms with Gasteiger partial charge in [-0.3, -0.25) is 9.20 Å². The van der Waals surface area contributed by atoms with E-state index in [2.05, 4.69) is 32.6 Å². The van der Waals surface area contributed by atoms with Gasteiger partial charge in [0.2, 0.25) is 0 Å². The smallest absolute Gasteiger partial charge is 0.263 e. The Morgan fingerprint density at radius 1 is 1.12 bits per heavy atom. The number of carbonyl (C=O) groups excluding carboxylic acids is 1. The minimum atomic E-state index is -0.132. The van der Waals surface area contributed by atoms with Crippen molar-refractivity contribution in [3.8, 4) is 0 Å². The number of carbonyl (C=O) groups is 1. The Morgan fingerprint density at radius 3 is 2.77 bits per heavy atom. The molecule has 4 aromatic rings. The van der Waals surface area contributed by atoms with Crippen LogP contribution in [0.5, 0.6) is 0 Å². The van der Waals surface area contributed by atoms with Gasteiger partial charge in [-0.05, 0) is 24.6 Å². The number of thiazole rings is 1. The number of nitrogens with zero attached hydrogens (tertiary/aromatic N) is 4. The number of rotatable bonds is 5. The fourth-order valence-corrected chi connectivity index (χ4v) is 3.78. The molecule has 0 atom stereocenters. The minimum Gasteiger partial charge on any atom is -0.344 e. The lowest BCUT2D eigenvalue weighted by atomic mass is 10.2. The molecular weight excluding hydrogens is 346 g/mol. The first-order chi connectivity index (χ1) is 12.7. The first kappa shape index (κ1) is 16.4. The van der Waals surface area contributed by atoms with Gasteiger partial charge in [0, 0.05) is 12.6 Å². The molecular formula is C19H17N5OS. The summed E-state index contributed by atoms with van der Waals surface area (Å²) in [6.45, 7) is 2.18. The maximum absolute atomic E-state index is 12.6. The summed E-state index contributed by atoms with van der Waals surface area (Å²) in [7, 11) is 0. The van der Waals surface area contributed by atoms with E-state index in [0.29, 0.717) is 17.2 Å². The molecule has 1 N–H and O–H groups in total. The van der Waals surface area contributed by atoms with Crippen molar-refractivity contribution in [2.45, 2.75) is 19.9 Å². The fraction of sp³-hybridized carbons (Fsp3) is 0.158. The van der Waals surface area contributed by atoms with Crippen LogP contribution in [0.25, 0.3) is 5.65 Å². The van der Waals surface area contributed by atoms with Gasteiger partial charge in [-0.25, -0.2) is 4.98 Å². The summed E-state index contributed by atoms with van der Waals surface area (Å²) in [5.41, 5.74) is 2.70. The second-order valence-electron chi connectivity index (χ2n) is 5.91. The molecule has 4 rings (SSSR count). The van der Waals surface area contributed by atoms with E-state index in [-0.39, 0.29) is 5.91 Å². The molecule has 0 aliphatic heterocycles. The third-order valence-electron chi connectivity index (χ3n) is 4.04. The Bertz CT molecular complexity index is 1050. The van der Waals surface area contributed by atoms with Gasteiger partial charge in [0.05, 0.1) is 17.2 Å². The van der Waals surface area contributed by atoms with E-state index in [1.54, 1.807) is 0 Å². The molecule has 7 heteroatoms. The molecule has 0 fully saturated rings. The zero-order valence-corrected chi connectivity index (χ0v) is 15.0. The molecule has 1 amide bonds. The summed E-state index contributed by atoms with van der Waals surface area (Å²) in [5, 5.41) is 12.1. The molecule has 0 saturated carbocycles. The number of fused-ring (bicyclic) bond motifs is 1. The molecule has 0 bridgehead atoms. The average Bonchev–Trinajstić information content (AvgIpc) is 3.24. The number of hydrogen-bond donors (Lipinski definition) is 1. The Balaban J connectivity index is 1.46. The predicted octanol–water partition coefficient (Wildman–Crippen LogP) is 3.02. The lowest BCUT2D eigenvalue weighted by molar-refractivity contribution is 0.0953. The molecule has 0 radical (unpaired) electrons. The maximum Gasteiger partial charge on any atom is 0.263 e. The first-order valence-electron chi connectivity index (χ1n) is 8.28. The van der Waals surface area contributed by atoms with E-state index in [0.717, 1.165) is 22.8 Å². The maximum atomic E-state index is 12.6. The highest BCUT2D eigenvalue weighted by molar-refractivity contribution is 7.13. The standard InChI is InChI=1S/C19H17N5OS/c1-13-18(26-17(21-13)11-14-7-3-2-4-8-14)19(25)20-12-16-23-22-15-9-5-6-10-24(15)16/h2-10H,11-12H2,1H3,(H,20,25). The molecule has 0 saturated heterocycles. The van der Waals surface area contributed by atoms with Gasteiger partial charge in [-0.1, -0.05) is 36.4 Å². The van der Waals surface area contributed by atoms with Crippen LogP contribution in [0.4, 0.5) is 0 Å². The van der Waals surface area contributed by atoms with E-state index >= 15 is 0 Å². The van der Waals surface area contributed by atoms with Crippen LogP contribution < -0.4 is 5.32 Å². The molecule has 3 aromatic heterocycles. The van der Waals surface area contributed by atoms with Crippen LogP contribution in [0.3, 0.4) is 0 Å². The summed E-state index contributed by atoms with van der Waals surface area (Å²) in [6.07, 6.45) is 2.61. The SMILES string of the molecule is Cc1nc(Cc2ccccc2)sc1C(=O)NCc1nnc2ccccn12. The molecule has 130 valence electrons. The Hall–Kier alpha value is -3.06. The van der Waals surface area contributed by atoms with Crippen molar-refractivity contribution in [1.29, 1.82) is 0 Å². The topological polar surface area (TPSA) is 72.2 Å². The molecule has 0 spiro atoms. The molecule has 0 aliphatic carbocycles. The van der Waals surface area contributed by atoms with Gasteiger partial charge >= 0.3 is 0 Å².